The van der Waals surface area contributed by atoms with Crippen LogP contribution in [0.2, 0.25) is 0 Å². The SMILES string of the molecule is Cc1nc2ccc(NC(=O)Nc3ccnc4ccc(F)cc34)cc2o1. The van der Waals surface area contributed by atoms with Gasteiger partial charge >= 0.3 is 6.03 Å². The van der Waals surface area contributed by atoms with Crippen molar-refractivity contribution in [1.29, 1.82) is 0 Å². The topological polar surface area (TPSA) is 80.0 Å². The van der Waals surface area contributed by atoms with Gasteiger partial charge in [0.25, 0.3) is 0 Å². The van der Waals surface area contributed by atoms with E-state index in [4.69, 9.17) is 4.42 Å². The van der Waals surface area contributed by atoms with Crippen molar-refractivity contribution in [3.63, 3.8) is 0 Å². The fourth-order valence-corrected chi connectivity index (χ4v) is 2.63. The molecule has 2 N–H and O–H groups in total. The summed E-state index contributed by atoms with van der Waals surface area (Å²) in [5.41, 5.74) is 2.94. The van der Waals surface area contributed by atoms with Gasteiger partial charge in [-0.25, -0.2) is 14.2 Å². The number of pyridine rings is 1. The summed E-state index contributed by atoms with van der Waals surface area (Å²) in [6.07, 6.45) is 1.55. The van der Waals surface area contributed by atoms with Crippen LogP contribution < -0.4 is 10.6 Å². The lowest BCUT2D eigenvalue weighted by Crippen LogP contribution is -2.19. The Morgan fingerprint density at radius 3 is 2.80 bits per heavy atom. The van der Waals surface area contributed by atoms with Crippen LogP contribution in [-0.2, 0) is 0 Å². The Kier molecular flexibility index (Phi) is 3.53. The van der Waals surface area contributed by atoms with Gasteiger partial charge < -0.3 is 15.1 Å². The molecule has 7 heteroatoms. The lowest BCUT2D eigenvalue weighted by atomic mass is 10.2. The minimum atomic E-state index is -0.452. The summed E-state index contributed by atoms with van der Waals surface area (Å²) in [4.78, 5) is 20.6. The Morgan fingerprint density at radius 1 is 1.08 bits per heavy atom. The zero-order chi connectivity index (χ0) is 17.4. The maximum Gasteiger partial charge on any atom is 0.323 e. The number of carbonyl (C=O) groups is 1. The summed E-state index contributed by atoms with van der Waals surface area (Å²) in [6.45, 7) is 1.76. The third-order valence-electron chi connectivity index (χ3n) is 3.71. The van der Waals surface area contributed by atoms with E-state index in [1.807, 2.05) is 0 Å². The number of urea groups is 1. The molecule has 0 saturated carbocycles. The molecule has 2 aromatic carbocycles. The maximum atomic E-state index is 13.5. The number of nitrogens with zero attached hydrogens (tertiary/aromatic N) is 2. The smallest absolute Gasteiger partial charge is 0.323 e. The third kappa shape index (κ3) is 2.99. The minimum Gasteiger partial charge on any atom is -0.441 e. The molecule has 0 fully saturated rings. The van der Waals surface area contributed by atoms with Crippen LogP contribution >= 0.6 is 0 Å². The largest absolute Gasteiger partial charge is 0.441 e. The molecule has 124 valence electrons. The number of anilines is 2. The van der Waals surface area contributed by atoms with Crippen molar-refractivity contribution in [2.45, 2.75) is 6.92 Å². The monoisotopic (exact) mass is 336 g/mol. The first kappa shape index (κ1) is 15.1. The lowest BCUT2D eigenvalue weighted by Gasteiger charge is -2.10. The highest BCUT2D eigenvalue weighted by Gasteiger charge is 2.09. The average Bonchev–Trinajstić information content (AvgIpc) is 2.94. The predicted molar refractivity (Wildman–Crippen MR) is 93.1 cm³/mol. The van der Waals surface area contributed by atoms with Gasteiger partial charge in [0, 0.05) is 30.3 Å². The highest BCUT2D eigenvalue weighted by molar-refractivity contribution is 6.05. The quantitative estimate of drug-likeness (QED) is 0.566. The van der Waals surface area contributed by atoms with E-state index < -0.39 is 11.8 Å². The Hall–Kier alpha value is -3.48. The second kappa shape index (κ2) is 5.86. The number of oxazole rings is 1. The van der Waals surface area contributed by atoms with Crippen molar-refractivity contribution >= 4 is 39.4 Å². The normalized spacial score (nSPS) is 11.0. The van der Waals surface area contributed by atoms with Gasteiger partial charge in [0.05, 0.1) is 11.2 Å². The summed E-state index contributed by atoms with van der Waals surface area (Å²) in [7, 11) is 0. The van der Waals surface area contributed by atoms with E-state index in [-0.39, 0.29) is 0 Å². The van der Waals surface area contributed by atoms with Crippen LogP contribution in [0.4, 0.5) is 20.6 Å². The molecule has 4 rings (SSSR count). The Bertz CT molecular complexity index is 1110. The molecule has 0 aliphatic rings. The molecule has 2 aromatic heterocycles. The summed E-state index contributed by atoms with van der Waals surface area (Å²) in [5.74, 6) is 0.164. The standard InChI is InChI=1S/C18H13FN4O2/c1-10-21-16-5-3-12(9-17(16)25-10)22-18(24)23-15-6-7-20-14-4-2-11(19)8-13(14)15/h2-9H,1H3,(H2,20,22,23,24). The van der Waals surface area contributed by atoms with Crippen LogP contribution in [0.3, 0.4) is 0 Å². The van der Waals surface area contributed by atoms with Gasteiger partial charge in [0.1, 0.15) is 11.3 Å². The zero-order valence-corrected chi connectivity index (χ0v) is 13.2. The second-order valence-electron chi connectivity index (χ2n) is 5.51. The number of fused-ring (bicyclic) bond motifs is 2. The van der Waals surface area contributed by atoms with E-state index in [0.717, 1.165) is 5.52 Å². The van der Waals surface area contributed by atoms with E-state index in [9.17, 15) is 9.18 Å². The van der Waals surface area contributed by atoms with E-state index in [1.54, 1.807) is 43.5 Å². The summed E-state index contributed by atoms with van der Waals surface area (Å²) >= 11 is 0. The number of aromatic nitrogens is 2. The van der Waals surface area contributed by atoms with Gasteiger partial charge in [0.15, 0.2) is 11.5 Å². The molecule has 4 aromatic rings. The first-order valence-corrected chi connectivity index (χ1v) is 7.58. The molecule has 0 bridgehead atoms. The van der Waals surface area contributed by atoms with E-state index >= 15 is 0 Å². The van der Waals surface area contributed by atoms with Gasteiger partial charge in [0.2, 0.25) is 0 Å². The van der Waals surface area contributed by atoms with Gasteiger partial charge in [-0.15, -0.1) is 0 Å². The van der Waals surface area contributed by atoms with E-state index in [2.05, 4.69) is 20.6 Å². The third-order valence-corrected chi connectivity index (χ3v) is 3.71. The van der Waals surface area contributed by atoms with Crippen LogP contribution in [0.1, 0.15) is 5.89 Å². The predicted octanol–water partition coefficient (Wildman–Crippen LogP) is 4.47. The summed E-state index contributed by atoms with van der Waals surface area (Å²) in [6, 6.07) is 10.6. The number of halogens is 1. The number of benzene rings is 2. The molecule has 0 spiro atoms. The van der Waals surface area contributed by atoms with Crippen LogP contribution in [0.15, 0.2) is 53.1 Å². The van der Waals surface area contributed by atoms with Crippen LogP contribution in [-0.4, -0.2) is 16.0 Å². The summed E-state index contributed by atoms with van der Waals surface area (Å²) < 4.78 is 18.9. The maximum absolute atomic E-state index is 13.5. The minimum absolute atomic E-state index is 0.393. The number of hydrogen-bond donors (Lipinski definition) is 2. The number of hydrogen-bond acceptors (Lipinski definition) is 4. The molecule has 0 aliphatic heterocycles. The molecule has 2 heterocycles. The number of rotatable bonds is 2. The molecule has 6 nitrogen and oxygen atoms in total. The molecule has 0 atom stereocenters. The van der Waals surface area contributed by atoms with Crippen molar-refractivity contribution in [1.82, 2.24) is 9.97 Å². The first-order chi connectivity index (χ1) is 12.1. The first-order valence-electron chi connectivity index (χ1n) is 7.58. The van der Waals surface area contributed by atoms with Crippen molar-refractivity contribution < 1.29 is 13.6 Å². The Balaban J connectivity index is 1.58. The number of aryl methyl sites for hydroxylation is 1. The number of carbonyl (C=O) groups excluding carboxylic acids is 1. The van der Waals surface area contributed by atoms with Gasteiger partial charge in [-0.2, -0.15) is 0 Å². The number of nitrogens with one attached hydrogen (secondary N) is 2. The Labute approximate surface area is 141 Å². The average molecular weight is 336 g/mol. The van der Waals surface area contributed by atoms with Crippen molar-refractivity contribution in [2.75, 3.05) is 10.6 Å². The molecule has 0 radical (unpaired) electrons. The van der Waals surface area contributed by atoms with Crippen LogP contribution in [0.25, 0.3) is 22.0 Å². The Morgan fingerprint density at radius 2 is 1.92 bits per heavy atom. The van der Waals surface area contributed by atoms with Crippen LogP contribution in [0.5, 0.6) is 0 Å². The molecule has 0 saturated heterocycles. The van der Waals surface area contributed by atoms with Crippen molar-refractivity contribution in [3.05, 3.63) is 60.4 Å². The molecule has 0 aliphatic carbocycles. The fraction of sp³-hybridized carbons (Fsp3) is 0.0556. The van der Waals surface area contributed by atoms with Gasteiger partial charge in [-0.05, 0) is 36.4 Å². The van der Waals surface area contributed by atoms with Gasteiger partial charge in [-0.3, -0.25) is 4.98 Å². The van der Waals surface area contributed by atoms with Crippen molar-refractivity contribution in [2.24, 2.45) is 0 Å². The molecular formula is C18H13FN4O2. The summed E-state index contributed by atoms with van der Waals surface area (Å²) in [5, 5.41) is 5.96. The van der Waals surface area contributed by atoms with E-state index in [1.165, 1.54) is 12.1 Å². The van der Waals surface area contributed by atoms with Gasteiger partial charge in [-0.1, -0.05) is 0 Å². The molecule has 2 amide bonds. The van der Waals surface area contributed by atoms with E-state index in [0.29, 0.717) is 33.8 Å². The molecular weight excluding hydrogens is 323 g/mol. The molecule has 0 unspecified atom stereocenters. The zero-order valence-electron chi connectivity index (χ0n) is 13.2. The molecule has 25 heavy (non-hydrogen) atoms. The number of amides is 2. The van der Waals surface area contributed by atoms with Crippen molar-refractivity contribution in [3.8, 4) is 0 Å². The highest BCUT2D eigenvalue weighted by atomic mass is 19.1. The second-order valence-corrected chi connectivity index (χ2v) is 5.51. The fourth-order valence-electron chi connectivity index (χ4n) is 2.63. The highest BCUT2D eigenvalue weighted by Crippen LogP contribution is 2.23. The van der Waals surface area contributed by atoms with Crippen LogP contribution in [0, 0.1) is 12.7 Å². The lowest BCUT2D eigenvalue weighted by molar-refractivity contribution is 0.262.